The Morgan fingerprint density at radius 1 is 0.861 bits per heavy atom. The highest BCUT2D eigenvalue weighted by molar-refractivity contribution is 5.48. The van der Waals surface area contributed by atoms with Gasteiger partial charge in [-0.25, -0.2) is 0 Å². The average molecular weight is 505 g/mol. The molecule has 1 aromatic rings. The molecule has 2 rings (SSSR count). The van der Waals surface area contributed by atoms with Crippen molar-refractivity contribution in [3.8, 4) is 0 Å². The van der Waals surface area contributed by atoms with Gasteiger partial charge in [0.2, 0.25) is 0 Å². The molecule has 0 aromatic heterocycles. The minimum atomic E-state index is 0.0329. The van der Waals surface area contributed by atoms with E-state index in [0.29, 0.717) is 39.6 Å². The lowest BCUT2D eigenvalue weighted by Crippen LogP contribution is -2.31. The van der Waals surface area contributed by atoms with Crippen LogP contribution in [0.15, 0.2) is 59.8 Å². The maximum atomic E-state index is 8.84. The molecule has 7 heteroatoms. The molecule has 0 heterocycles. The van der Waals surface area contributed by atoms with Gasteiger partial charge < -0.3 is 34.2 Å². The van der Waals surface area contributed by atoms with Crippen molar-refractivity contribution < 1.29 is 24.4 Å². The fourth-order valence-corrected chi connectivity index (χ4v) is 3.45. The van der Waals surface area contributed by atoms with E-state index in [2.05, 4.69) is 86.3 Å². The summed E-state index contributed by atoms with van der Waals surface area (Å²) in [6, 6.07) is 8.59. The number of aliphatic hydroxyl groups is 2. The van der Waals surface area contributed by atoms with Crippen molar-refractivity contribution >= 4 is 5.69 Å². The van der Waals surface area contributed by atoms with Crippen molar-refractivity contribution in [2.45, 2.75) is 33.1 Å². The minimum Gasteiger partial charge on any atom is -0.394 e. The zero-order chi connectivity index (χ0) is 26.4. The standard InChI is InChI=1S/C21H35NO5.C8H13N/c1-3-19(2)18-20-4-6-21(7-5-20)22(8-12-25-14-10-23)9-13-26-16-17-27-15-11-24;1-9(2)8-6-4-3-5-7-8/h3-7,23-24H,8-18H2,1-2H3;4,6-7H,3,5H2,1-2H3. The van der Waals surface area contributed by atoms with Gasteiger partial charge in [-0.1, -0.05) is 35.9 Å². The van der Waals surface area contributed by atoms with Crippen LogP contribution in [0.1, 0.15) is 32.3 Å². The van der Waals surface area contributed by atoms with Crippen LogP contribution in [0.4, 0.5) is 5.69 Å². The van der Waals surface area contributed by atoms with E-state index in [9.17, 15) is 0 Å². The Morgan fingerprint density at radius 2 is 1.44 bits per heavy atom. The van der Waals surface area contributed by atoms with Gasteiger partial charge in [-0.15, -0.1) is 0 Å². The van der Waals surface area contributed by atoms with Crippen LogP contribution >= 0.6 is 0 Å². The Morgan fingerprint density at radius 3 is 1.92 bits per heavy atom. The van der Waals surface area contributed by atoms with Crippen LogP contribution in [0.2, 0.25) is 0 Å². The van der Waals surface area contributed by atoms with Crippen molar-refractivity contribution in [3.05, 3.63) is 65.4 Å². The predicted octanol–water partition coefficient (Wildman–Crippen LogP) is 3.82. The number of hydrogen-bond donors (Lipinski definition) is 2. The second-order valence-corrected chi connectivity index (χ2v) is 8.75. The lowest BCUT2D eigenvalue weighted by molar-refractivity contribution is 0.0347. The number of rotatable bonds is 17. The molecule has 1 aliphatic carbocycles. The highest BCUT2D eigenvalue weighted by Gasteiger charge is 2.07. The van der Waals surface area contributed by atoms with Gasteiger partial charge in [0.25, 0.3) is 0 Å². The lowest BCUT2D eigenvalue weighted by Gasteiger charge is -2.25. The monoisotopic (exact) mass is 504 g/mol. The molecule has 0 bridgehead atoms. The third-order valence-corrected chi connectivity index (χ3v) is 5.62. The van der Waals surface area contributed by atoms with Crippen LogP contribution in [-0.4, -0.2) is 95.2 Å². The Labute approximate surface area is 218 Å². The molecular weight excluding hydrogens is 456 g/mol. The van der Waals surface area contributed by atoms with Gasteiger partial charge in [0, 0.05) is 38.6 Å². The van der Waals surface area contributed by atoms with Gasteiger partial charge in [0.05, 0.1) is 52.9 Å². The molecule has 1 aliphatic rings. The predicted molar refractivity (Wildman–Crippen MR) is 149 cm³/mol. The number of benzene rings is 1. The molecule has 7 nitrogen and oxygen atoms in total. The highest BCUT2D eigenvalue weighted by atomic mass is 16.5. The van der Waals surface area contributed by atoms with Crippen molar-refractivity contribution in [2.24, 2.45) is 0 Å². The van der Waals surface area contributed by atoms with E-state index >= 15 is 0 Å². The van der Waals surface area contributed by atoms with Gasteiger partial charge in [-0.2, -0.15) is 0 Å². The zero-order valence-electron chi connectivity index (χ0n) is 22.8. The summed E-state index contributed by atoms with van der Waals surface area (Å²) >= 11 is 0. The summed E-state index contributed by atoms with van der Waals surface area (Å²) < 4.78 is 16.2. The van der Waals surface area contributed by atoms with Gasteiger partial charge in [-0.05, 0) is 56.9 Å². The van der Waals surface area contributed by atoms with E-state index in [-0.39, 0.29) is 13.2 Å². The van der Waals surface area contributed by atoms with Crippen molar-refractivity contribution in [1.82, 2.24) is 4.90 Å². The summed E-state index contributed by atoms with van der Waals surface area (Å²) in [5, 5.41) is 17.5. The minimum absolute atomic E-state index is 0.0329. The molecule has 0 saturated heterocycles. The molecule has 0 aliphatic heterocycles. The van der Waals surface area contributed by atoms with Gasteiger partial charge in [-0.3, -0.25) is 0 Å². The van der Waals surface area contributed by atoms with Gasteiger partial charge >= 0.3 is 0 Å². The van der Waals surface area contributed by atoms with E-state index in [1.165, 1.54) is 29.7 Å². The molecule has 0 amide bonds. The summed E-state index contributed by atoms with van der Waals surface area (Å²) in [5.74, 6) is 0. The van der Waals surface area contributed by atoms with E-state index in [0.717, 1.165) is 25.2 Å². The number of allylic oxidation sites excluding steroid dienone is 5. The number of hydrogen-bond acceptors (Lipinski definition) is 7. The summed E-state index contributed by atoms with van der Waals surface area (Å²) in [4.78, 5) is 4.36. The largest absolute Gasteiger partial charge is 0.394 e. The topological polar surface area (TPSA) is 74.6 Å². The second-order valence-electron chi connectivity index (χ2n) is 8.75. The van der Waals surface area contributed by atoms with Crippen molar-refractivity contribution in [2.75, 3.05) is 84.9 Å². The first kappa shape index (κ1) is 31.9. The normalized spacial score (nSPS) is 13.2. The molecule has 36 heavy (non-hydrogen) atoms. The molecule has 0 saturated carbocycles. The van der Waals surface area contributed by atoms with Crippen LogP contribution in [0.25, 0.3) is 0 Å². The average Bonchev–Trinajstić information content (AvgIpc) is 2.90. The second kappa shape index (κ2) is 21.0. The smallest absolute Gasteiger partial charge is 0.0701 e. The van der Waals surface area contributed by atoms with Crippen molar-refractivity contribution in [3.63, 3.8) is 0 Å². The van der Waals surface area contributed by atoms with Crippen LogP contribution in [0, 0.1) is 0 Å². The van der Waals surface area contributed by atoms with E-state index in [1.807, 2.05) is 0 Å². The number of nitrogens with zero attached hydrogens (tertiary/aromatic N) is 2. The third-order valence-electron chi connectivity index (χ3n) is 5.62. The highest BCUT2D eigenvalue weighted by Crippen LogP contribution is 2.17. The van der Waals surface area contributed by atoms with E-state index < -0.39 is 0 Å². The molecule has 0 radical (unpaired) electrons. The van der Waals surface area contributed by atoms with Crippen LogP contribution < -0.4 is 4.90 Å². The van der Waals surface area contributed by atoms with Gasteiger partial charge in [0.15, 0.2) is 0 Å². The number of aliphatic hydroxyl groups excluding tert-OH is 2. The fourth-order valence-electron chi connectivity index (χ4n) is 3.45. The molecule has 2 N–H and O–H groups in total. The van der Waals surface area contributed by atoms with Crippen molar-refractivity contribution in [1.29, 1.82) is 0 Å². The lowest BCUT2D eigenvalue weighted by atomic mass is 10.1. The first-order valence-electron chi connectivity index (χ1n) is 13.0. The first-order chi connectivity index (χ1) is 17.5. The van der Waals surface area contributed by atoms with Crippen LogP contribution in [0.5, 0.6) is 0 Å². The number of likely N-dealkylation sites (N-methyl/N-ethyl adjacent to an activating group) is 1. The maximum absolute atomic E-state index is 8.84. The van der Waals surface area contributed by atoms with E-state index in [4.69, 9.17) is 24.4 Å². The first-order valence-corrected chi connectivity index (χ1v) is 13.0. The molecule has 0 atom stereocenters. The summed E-state index contributed by atoms with van der Waals surface area (Å²) in [7, 11) is 4.14. The van der Waals surface area contributed by atoms with E-state index in [1.54, 1.807) is 0 Å². The molecule has 0 spiro atoms. The van der Waals surface area contributed by atoms with Crippen LogP contribution in [-0.2, 0) is 20.6 Å². The summed E-state index contributed by atoms with van der Waals surface area (Å²) in [6.07, 6.45) is 12.2. The summed E-state index contributed by atoms with van der Waals surface area (Å²) in [6.45, 7) is 8.59. The van der Waals surface area contributed by atoms with Crippen LogP contribution in [0.3, 0.4) is 0 Å². The maximum Gasteiger partial charge on any atom is 0.0701 e. The third kappa shape index (κ3) is 15.1. The quantitative estimate of drug-likeness (QED) is 0.247. The Balaban J connectivity index is 0.000000600. The zero-order valence-corrected chi connectivity index (χ0v) is 22.8. The Bertz CT molecular complexity index is 759. The van der Waals surface area contributed by atoms with Gasteiger partial charge in [0.1, 0.15) is 0 Å². The molecule has 0 unspecified atom stereocenters. The molecule has 0 fully saturated rings. The fraction of sp³-hybridized carbons (Fsp3) is 0.586. The Kier molecular flexibility index (Phi) is 18.6. The molecule has 204 valence electrons. The SMILES string of the molecule is CC=C(C)Cc1ccc(N(CCOCCO)CCOCCOCCO)cc1.CN(C)C1=CCCC=C1. The summed E-state index contributed by atoms with van der Waals surface area (Å²) in [5.41, 5.74) is 5.11. The number of anilines is 1. The Hall–Kier alpha value is -2.16. The number of ether oxygens (including phenoxy) is 3. The molecule has 1 aromatic carbocycles. The molecular formula is C29H48N2O5.